The molecule has 0 atom stereocenters. The molecule has 0 saturated carbocycles. The van der Waals surface area contributed by atoms with Gasteiger partial charge < -0.3 is 24.8 Å². The number of hydrogen-bond acceptors (Lipinski definition) is 6. The highest BCUT2D eigenvalue weighted by atomic mass is 35.5. The largest absolute Gasteiger partial charge is 0.494 e. The summed E-state index contributed by atoms with van der Waals surface area (Å²) in [6.45, 7) is 5.99. The zero-order valence-corrected chi connectivity index (χ0v) is 23.2. The molecule has 0 spiro atoms. The van der Waals surface area contributed by atoms with E-state index in [9.17, 15) is 14.9 Å². The summed E-state index contributed by atoms with van der Waals surface area (Å²) >= 11 is 12.6. The molecule has 10 heteroatoms. The zero-order chi connectivity index (χ0) is 28.4. The molecule has 8 nitrogen and oxygen atoms in total. The summed E-state index contributed by atoms with van der Waals surface area (Å²) in [5.41, 5.74) is 2.22. The van der Waals surface area contributed by atoms with E-state index in [1.165, 1.54) is 12.1 Å². The van der Waals surface area contributed by atoms with Gasteiger partial charge in [0, 0.05) is 16.4 Å². The molecule has 0 radical (unpaired) electrons. The first-order valence-corrected chi connectivity index (χ1v) is 12.8. The number of amides is 2. The number of rotatable bonds is 11. The number of nitrogens with one attached hydrogen (secondary N) is 2. The van der Waals surface area contributed by atoms with E-state index in [4.69, 9.17) is 37.4 Å². The van der Waals surface area contributed by atoms with Gasteiger partial charge in [0.25, 0.3) is 11.8 Å². The van der Waals surface area contributed by atoms with E-state index >= 15 is 0 Å². The zero-order valence-electron chi connectivity index (χ0n) is 21.6. The van der Waals surface area contributed by atoms with Crippen LogP contribution in [0.2, 0.25) is 10.0 Å². The monoisotopic (exact) mass is 567 g/mol. The van der Waals surface area contributed by atoms with E-state index in [-0.39, 0.29) is 35.3 Å². The molecular formula is C29H27Cl2N3O5. The number of nitrogens with zero attached hydrogens (tertiary/aromatic N) is 1. The lowest BCUT2D eigenvalue weighted by molar-refractivity contribution is -0.118. The van der Waals surface area contributed by atoms with Crippen molar-refractivity contribution in [3.8, 4) is 23.3 Å². The molecule has 39 heavy (non-hydrogen) atoms. The average molecular weight is 568 g/mol. The SMILES string of the molecule is CCOc1ccc(NC(=O)/C(C#N)=C/c2cc(Cl)c(OCC(=O)Nc3ccc(C)c(Cl)c3)c(OCC)c2)cc1. The van der Waals surface area contributed by atoms with Crippen molar-refractivity contribution in [2.75, 3.05) is 30.5 Å². The number of halogens is 2. The normalized spacial score (nSPS) is 10.8. The van der Waals surface area contributed by atoms with Gasteiger partial charge in [-0.15, -0.1) is 0 Å². The fraction of sp³-hybridized carbons (Fsp3) is 0.207. The molecule has 2 N–H and O–H groups in total. The van der Waals surface area contributed by atoms with E-state index in [1.54, 1.807) is 55.5 Å². The molecule has 0 fully saturated rings. The summed E-state index contributed by atoms with van der Waals surface area (Å²) in [5, 5.41) is 15.7. The van der Waals surface area contributed by atoms with Crippen LogP contribution < -0.4 is 24.8 Å². The second kappa shape index (κ2) is 14.1. The Kier molecular flexibility index (Phi) is 10.6. The molecule has 0 aromatic heterocycles. The van der Waals surface area contributed by atoms with Gasteiger partial charge in [-0.05, 0) is 86.5 Å². The van der Waals surface area contributed by atoms with Crippen molar-refractivity contribution in [2.45, 2.75) is 20.8 Å². The smallest absolute Gasteiger partial charge is 0.266 e. The van der Waals surface area contributed by atoms with Gasteiger partial charge in [0.1, 0.15) is 17.4 Å². The first-order chi connectivity index (χ1) is 18.7. The molecule has 2 amide bonds. The summed E-state index contributed by atoms with van der Waals surface area (Å²) in [6.07, 6.45) is 1.38. The number of anilines is 2. The number of carbonyl (C=O) groups excluding carboxylic acids is 2. The van der Waals surface area contributed by atoms with Crippen LogP contribution in [0.25, 0.3) is 6.08 Å². The van der Waals surface area contributed by atoms with Gasteiger partial charge in [0.2, 0.25) is 0 Å². The quantitative estimate of drug-likeness (QED) is 0.198. The second-order valence-electron chi connectivity index (χ2n) is 8.15. The molecule has 0 aliphatic rings. The Balaban J connectivity index is 1.74. The van der Waals surface area contributed by atoms with Crippen LogP contribution in [0.15, 0.2) is 60.2 Å². The molecule has 3 aromatic rings. The molecule has 0 aliphatic heterocycles. The minimum absolute atomic E-state index is 0.141. The van der Waals surface area contributed by atoms with Crippen LogP contribution in [-0.4, -0.2) is 31.6 Å². The first-order valence-electron chi connectivity index (χ1n) is 12.0. The Morgan fingerprint density at radius 1 is 0.897 bits per heavy atom. The predicted molar refractivity (Wildman–Crippen MR) is 153 cm³/mol. The number of hydrogen-bond donors (Lipinski definition) is 2. The lowest BCUT2D eigenvalue weighted by Gasteiger charge is -2.15. The lowest BCUT2D eigenvalue weighted by Crippen LogP contribution is -2.20. The summed E-state index contributed by atoms with van der Waals surface area (Å²) in [4.78, 5) is 25.1. The van der Waals surface area contributed by atoms with Crippen molar-refractivity contribution in [1.82, 2.24) is 0 Å². The minimum Gasteiger partial charge on any atom is -0.494 e. The van der Waals surface area contributed by atoms with Crippen molar-refractivity contribution in [1.29, 1.82) is 5.26 Å². The van der Waals surface area contributed by atoms with Crippen LogP contribution in [0.5, 0.6) is 17.2 Å². The third-order valence-corrected chi connectivity index (χ3v) is 5.92. The molecule has 0 aliphatic carbocycles. The van der Waals surface area contributed by atoms with Gasteiger partial charge in [-0.1, -0.05) is 29.3 Å². The van der Waals surface area contributed by atoms with Crippen LogP contribution in [0.3, 0.4) is 0 Å². The number of benzene rings is 3. The van der Waals surface area contributed by atoms with Gasteiger partial charge in [-0.2, -0.15) is 5.26 Å². The fourth-order valence-electron chi connectivity index (χ4n) is 3.39. The predicted octanol–water partition coefficient (Wildman–Crippen LogP) is 6.66. The van der Waals surface area contributed by atoms with E-state index in [2.05, 4.69) is 10.6 Å². The highest BCUT2D eigenvalue weighted by Gasteiger charge is 2.16. The average Bonchev–Trinajstić information content (AvgIpc) is 2.90. The standard InChI is InChI=1S/C29H27Cl2N3O5/c1-4-37-23-10-8-21(9-11-23)34-29(36)20(16-32)12-19-13-25(31)28(26(14-19)38-5-2)39-17-27(35)33-22-7-6-18(3)24(30)15-22/h6-15H,4-5,17H2,1-3H3,(H,33,35)(H,34,36)/b20-12+. The Hall–Kier alpha value is -4.19. The highest BCUT2D eigenvalue weighted by Crippen LogP contribution is 2.37. The molecule has 0 saturated heterocycles. The van der Waals surface area contributed by atoms with E-state index in [0.29, 0.717) is 34.3 Å². The molecule has 0 heterocycles. The van der Waals surface area contributed by atoms with Crippen molar-refractivity contribution in [3.05, 3.63) is 81.3 Å². The van der Waals surface area contributed by atoms with Crippen LogP contribution in [-0.2, 0) is 9.59 Å². The first kappa shape index (κ1) is 29.4. The summed E-state index contributed by atoms with van der Waals surface area (Å²) < 4.78 is 16.7. The number of nitriles is 1. The fourth-order valence-corrected chi connectivity index (χ4v) is 3.85. The lowest BCUT2D eigenvalue weighted by atomic mass is 10.1. The molecule has 0 bridgehead atoms. The Labute approximate surface area is 237 Å². The van der Waals surface area contributed by atoms with E-state index < -0.39 is 11.8 Å². The molecule has 0 unspecified atom stereocenters. The van der Waals surface area contributed by atoms with Crippen LogP contribution in [0.4, 0.5) is 11.4 Å². The van der Waals surface area contributed by atoms with Gasteiger partial charge in [-0.3, -0.25) is 9.59 Å². The third kappa shape index (κ3) is 8.40. The van der Waals surface area contributed by atoms with E-state index in [1.807, 2.05) is 19.9 Å². The van der Waals surface area contributed by atoms with Crippen LogP contribution in [0, 0.1) is 18.3 Å². The minimum atomic E-state index is -0.594. The van der Waals surface area contributed by atoms with Gasteiger partial charge >= 0.3 is 0 Å². The van der Waals surface area contributed by atoms with E-state index in [0.717, 1.165) is 5.56 Å². The molecular weight excluding hydrogens is 541 g/mol. The van der Waals surface area contributed by atoms with Crippen molar-refractivity contribution < 1.29 is 23.8 Å². The Morgan fingerprint density at radius 3 is 2.23 bits per heavy atom. The maximum absolute atomic E-state index is 12.7. The Bertz CT molecular complexity index is 1420. The van der Waals surface area contributed by atoms with Gasteiger partial charge in [0.05, 0.1) is 18.2 Å². The van der Waals surface area contributed by atoms with Crippen LogP contribution >= 0.6 is 23.2 Å². The van der Waals surface area contributed by atoms with Gasteiger partial charge in [-0.25, -0.2) is 0 Å². The van der Waals surface area contributed by atoms with Gasteiger partial charge in [0.15, 0.2) is 18.1 Å². The Morgan fingerprint density at radius 2 is 1.59 bits per heavy atom. The molecule has 202 valence electrons. The number of aryl methyl sites for hydroxylation is 1. The van der Waals surface area contributed by atoms with Crippen LogP contribution in [0.1, 0.15) is 25.0 Å². The maximum atomic E-state index is 12.7. The second-order valence-corrected chi connectivity index (χ2v) is 8.96. The van der Waals surface area contributed by atoms with Crippen molar-refractivity contribution >= 4 is 52.5 Å². The van der Waals surface area contributed by atoms with Crippen molar-refractivity contribution in [3.63, 3.8) is 0 Å². The van der Waals surface area contributed by atoms with Crippen molar-refractivity contribution in [2.24, 2.45) is 0 Å². The molecule has 3 aromatic carbocycles. The summed E-state index contributed by atoms with van der Waals surface area (Å²) in [7, 11) is 0. The number of carbonyl (C=O) groups is 2. The third-order valence-electron chi connectivity index (χ3n) is 5.23. The molecule has 3 rings (SSSR count). The summed E-state index contributed by atoms with van der Waals surface area (Å²) in [6, 6.07) is 17.0. The summed E-state index contributed by atoms with van der Waals surface area (Å²) in [5.74, 6) is 0.0693. The number of ether oxygens (including phenoxy) is 3. The highest BCUT2D eigenvalue weighted by molar-refractivity contribution is 6.32. The maximum Gasteiger partial charge on any atom is 0.266 e. The topological polar surface area (TPSA) is 110 Å².